The Hall–Kier alpha value is -0.200. The molecule has 0 amide bonds. The number of rotatable bonds is 12. The van der Waals surface area contributed by atoms with Crippen LogP contribution in [0.5, 0.6) is 0 Å². The second-order valence-corrected chi connectivity index (χ2v) is 13.3. The topological polar surface area (TPSA) is 96.5 Å². The Morgan fingerprint density at radius 1 is 0.771 bits per heavy atom. The Kier molecular flexibility index (Phi) is 9.63. The summed E-state index contributed by atoms with van der Waals surface area (Å²) in [5.74, 6) is 4.68. The number of hydrogen-bond acceptors (Lipinski definition) is 5. The second kappa shape index (κ2) is 12.1. The summed E-state index contributed by atoms with van der Waals surface area (Å²) in [5, 5.41) is 0. The molecule has 6 N–H and O–H groups in total. The zero-order valence-corrected chi connectivity index (χ0v) is 23.2. The van der Waals surface area contributed by atoms with E-state index in [9.17, 15) is 0 Å². The number of fused-ring (bicyclic) bond motifs is 5. The van der Waals surface area contributed by atoms with Gasteiger partial charge in [0.05, 0.1) is 12.2 Å². The first-order valence-corrected chi connectivity index (χ1v) is 15.2. The van der Waals surface area contributed by atoms with Crippen LogP contribution < -0.4 is 17.2 Å². The molecule has 0 heterocycles. The maximum absolute atomic E-state index is 6.78. The van der Waals surface area contributed by atoms with Crippen molar-refractivity contribution in [3.05, 3.63) is 0 Å². The van der Waals surface area contributed by atoms with Gasteiger partial charge >= 0.3 is 0 Å². The van der Waals surface area contributed by atoms with E-state index in [0.717, 1.165) is 69.4 Å². The Morgan fingerprint density at radius 2 is 1.43 bits per heavy atom. The Morgan fingerprint density at radius 3 is 2.14 bits per heavy atom. The van der Waals surface area contributed by atoms with Gasteiger partial charge in [0, 0.05) is 13.2 Å². The maximum Gasteiger partial charge on any atom is 0.0611 e. The van der Waals surface area contributed by atoms with Gasteiger partial charge in [-0.15, -0.1) is 0 Å². The highest BCUT2D eigenvalue weighted by atomic mass is 16.5. The minimum atomic E-state index is 0.398. The van der Waals surface area contributed by atoms with Gasteiger partial charge in [0.2, 0.25) is 0 Å². The largest absolute Gasteiger partial charge is 0.378 e. The van der Waals surface area contributed by atoms with E-state index in [1.807, 2.05) is 0 Å². The maximum atomic E-state index is 6.78. The smallest absolute Gasteiger partial charge is 0.0611 e. The summed E-state index contributed by atoms with van der Waals surface area (Å²) in [4.78, 5) is 0. The van der Waals surface area contributed by atoms with Crippen LogP contribution in [-0.4, -0.2) is 45.1 Å². The molecule has 4 rings (SSSR count). The SMILES string of the molecule is C[C@H](CCCN)[C@H]1CC[C@H]2C3C(CC[C@]12C)[C@@]1(C)CC[C@@H](OCCCN)C[C@@H]1C[C@H]3OCCCN. The van der Waals surface area contributed by atoms with E-state index < -0.39 is 0 Å². The van der Waals surface area contributed by atoms with Crippen LogP contribution in [0.1, 0.15) is 97.8 Å². The lowest BCUT2D eigenvalue weighted by Gasteiger charge is -2.63. The van der Waals surface area contributed by atoms with Crippen LogP contribution in [0.25, 0.3) is 0 Å². The lowest BCUT2D eigenvalue weighted by atomic mass is 9.43. The Labute approximate surface area is 216 Å². The van der Waals surface area contributed by atoms with Gasteiger partial charge in [-0.25, -0.2) is 0 Å². The summed E-state index contributed by atoms with van der Waals surface area (Å²) in [6, 6.07) is 0. The average Bonchev–Trinajstić information content (AvgIpc) is 3.20. The molecular formula is C30H57N3O2. The highest BCUT2D eigenvalue weighted by molar-refractivity contribution is 5.12. The average molecular weight is 492 g/mol. The van der Waals surface area contributed by atoms with Gasteiger partial charge in [0.15, 0.2) is 0 Å². The van der Waals surface area contributed by atoms with Crippen molar-refractivity contribution in [1.82, 2.24) is 0 Å². The van der Waals surface area contributed by atoms with Gasteiger partial charge in [0.1, 0.15) is 0 Å². The second-order valence-electron chi connectivity index (χ2n) is 13.3. The fourth-order valence-corrected chi connectivity index (χ4v) is 9.75. The van der Waals surface area contributed by atoms with Gasteiger partial charge in [-0.3, -0.25) is 0 Å². The quantitative estimate of drug-likeness (QED) is 0.330. The summed E-state index contributed by atoms with van der Waals surface area (Å²) in [7, 11) is 0. The molecule has 4 fully saturated rings. The summed E-state index contributed by atoms with van der Waals surface area (Å²) >= 11 is 0. The predicted octanol–water partition coefficient (Wildman–Crippen LogP) is 5.10. The van der Waals surface area contributed by atoms with Gasteiger partial charge in [0.25, 0.3) is 0 Å². The molecule has 0 aromatic carbocycles. The first kappa shape index (κ1) is 27.8. The zero-order chi connectivity index (χ0) is 25.1. The van der Waals surface area contributed by atoms with E-state index >= 15 is 0 Å². The third-order valence-corrected chi connectivity index (χ3v) is 11.6. The molecule has 0 radical (unpaired) electrons. The molecular weight excluding hydrogens is 434 g/mol. The van der Waals surface area contributed by atoms with Crippen molar-refractivity contribution in [3.63, 3.8) is 0 Å². The van der Waals surface area contributed by atoms with Gasteiger partial charge in [-0.1, -0.05) is 20.8 Å². The van der Waals surface area contributed by atoms with E-state index in [1.165, 1.54) is 64.2 Å². The number of hydrogen-bond donors (Lipinski definition) is 3. The number of ether oxygens (including phenoxy) is 2. The van der Waals surface area contributed by atoms with Crippen LogP contribution >= 0.6 is 0 Å². The van der Waals surface area contributed by atoms with Crippen molar-refractivity contribution in [1.29, 1.82) is 0 Å². The molecule has 0 saturated heterocycles. The predicted molar refractivity (Wildman–Crippen MR) is 145 cm³/mol. The molecule has 0 spiro atoms. The third-order valence-electron chi connectivity index (χ3n) is 11.6. The molecule has 35 heavy (non-hydrogen) atoms. The first-order valence-electron chi connectivity index (χ1n) is 15.2. The van der Waals surface area contributed by atoms with Crippen LogP contribution in [0, 0.1) is 46.3 Å². The molecule has 0 aromatic rings. The monoisotopic (exact) mass is 491 g/mol. The van der Waals surface area contributed by atoms with E-state index in [4.69, 9.17) is 26.7 Å². The Bertz CT molecular complexity index is 662. The van der Waals surface area contributed by atoms with Crippen molar-refractivity contribution in [2.45, 2.75) is 110 Å². The van der Waals surface area contributed by atoms with Crippen LogP contribution in [0.3, 0.4) is 0 Å². The zero-order valence-electron chi connectivity index (χ0n) is 23.2. The van der Waals surface area contributed by atoms with E-state index in [-0.39, 0.29) is 0 Å². The van der Waals surface area contributed by atoms with E-state index in [1.54, 1.807) is 0 Å². The van der Waals surface area contributed by atoms with Gasteiger partial charge in [-0.2, -0.15) is 0 Å². The summed E-state index contributed by atoms with van der Waals surface area (Å²) in [5.41, 5.74) is 18.4. The lowest BCUT2D eigenvalue weighted by Crippen LogP contribution is -2.59. The molecule has 0 aromatic heterocycles. The van der Waals surface area contributed by atoms with Crippen molar-refractivity contribution >= 4 is 0 Å². The highest BCUT2D eigenvalue weighted by Crippen LogP contribution is 2.68. The molecule has 10 atom stereocenters. The van der Waals surface area contributed by atoms with E-state index in [2.05, 4.69) is 20.8 Å². The van der Waals surface area contributed by atoms with Crippen molar-refractivity contribution < 1.29 is 9.47 Å². The van der Waals surface area contributed by atoms with Crippen molar-refractivity contribution in [2.75, 3.05) is 32.8 Å². The molecule has 2 unspecified atom stereocenters. The minimum absolute atomic E-state index is 0.398. The van der Waals surface area contributed by atoms with Crippen molar-refractivity contribution in [2.24, 2.45) is 63.5 Å². The molecule has 4 aliphatic rings. The molecule has 0 bridgehead atoms. The first-order chi connectivity index (χ1) is 16.9. The molecule has 0 aliphatic heterocycles. The molecule has 5 heteroatoms. The Balaban J connectivity index is 1.54. The molecule has 4 aliphatic carbocycles. The molecule has 5 nitrogen and oxygen atoms in total. The number of nitrogens with two attached hydrogens (primary N) is 3. The van der Waals surface area contributed by atoms with Gasteiger partial charge < -0.3 is 26.7 Å². The summed E-state index contributed by atoms with van der Waals surface area (Å²) < 4.78 is 13.1. The van der Waals surface area contributed by atoms with Crippen LogP contribution in [0.2, 0.25) is 0 Å². The van der Waals surface area contributed by atoms with E-state index in [0.29, 0.717) is 34.9 Å². The normalized spacial score (nSPS) is 43.9. The van der Waals surface area contributed by atoms with Crippen LogP contribution in [0.4, 0.5) is 0 Å². The molecule has 4 saturated carbocycles. The summed E-state index contributed by atoms with van der Waals surface area (Å²) in [6.45, 7) is 11.7. The van der Waals surface area contributed by atoms with Crippen LogP contribution in [-0.2, 0) is 9.47 Å². The fraction of sp³-hybridized carbons (Fsp3) is 1.00. The standard InChI is InChI=1S/C30H57N3O2/c1-21(7-4-14-31)24-8-9-25-28-26(11-13-30(24,25)3)29(2)12-10-23(34-17-5-15-32)19-22(29)20-27(28)35-18-6-16-33/h21-28H,4-20,31-33H2,1-3H3/t21-,22-,23-,24-,25+,26?,27-,28?,29+,30-/m1/s1. The minimum Gasteiger partial charge on any atom is -0.378 e. The van der Waals surface area contributed by atoms with Gasteiger partial charge in [-0.05, 0) is 143 Å². The summed E-state index contributed by atoms with van der Waals surface area (Å²) in [6.07, 6.45) is 15.8. The van der Waals surface area contributed by atoms with Crippen LogP contribution in [0.15, 0.2) is 0 Å². The lowest BCUT2D eigenvalue weighted by molar-refractivity contribution is -0.191. The third kappa shape index (κ3) is 5.50. The molecule has 204 valence electrons. The fourth-order valence-electron chi connectivity index (χ4n) is 9.75. The van der Waals surface area contributed by atoms with Crippen molar-refractivity contribution in [3.8, 4) is 0 Å². The highest BCUT2D eigenvalue weighted by Gasteiger charge is 2.63.